The van der Waals surface area contributed by atoms with Crippen LogP contribution in [0.1, 0.15) is 32.1 Å². The van der Waals surface area contributed by atoms with E-state index in [0.717, 1.165) is 10.8 Å². The van der Waals surface area contributed by atoms with E-state index in [-0.39, 0.29) is 0 Å². The molecule has 19 heavy (non-hydrogen) atoms. The number of aromatic nitrogens is 1. The van der Waals surface area contributed by atoms with Crippen molar-refractivity contribution in [3.05, 3.63) is 24.3 Å². The van der Waals surface area contributed by atoms with Gasteiger partial charge in [-0.1, -0.05) is 59.1 Å². The van der Waals surface area contributed by atoms with Crippen LogP contribution in [0, 0.1) is 5.41 Å². The third-order valence-electron chi connectivity index (χ3n) is 3.97. The van der Waals surface area contributed by atoms with Gasteiger partial charge in [-0.2, -0.15) is 0 Å². The lowest BCUT2D eigenvalue weighted by atomic mass is 9.77. The number of alkyl halides is 1. The van der Waals surface area contributed by atoms with E-state index < -0.39 is 0 Å². The molecule has 4 heteroatoms. The molecule has 0 spiro atoms. The van der Waals surface area contributed by atoms with Crippen LogP contribution in [0.5, 0.6) is 0 Å². The molecule has 1 saturated carbocycles. The highest BCUT2D eigenvalue weighted by molar-refractivity contribution is 9.09. The van der Waals surface area contributed by atoms with Gasteiger partial charge < -0.3 is 0 Å². The maximum atomic E-state index is 4.73. The SMILES string of the molecule is BrCC1(CSc2nc3ccccc3s2)CCCCC1. The summed E-state index contributed by atoms with van der Waals surface area (Å²) >= 11 is 7.53. The Bertz CT molecular complexity index is 513. The molecule has 1 fully saturated rings. The molecule has 1 aliphatic rings. The van der Waals surface area contributed by atoms with E-state index in [2.05, 4.69) is 40.2 Å². The van der Waals surface area contributed by atoms with E-state index in [1.807, 2.05) is 23.1 Å². The molecule has 0 aliphatic heterocycles. The number of hydrogen-bond donors (Lipinski definition) is 0. The number of thioether (sulfide) groups is 1. The highest BCUT2D eigenvalue weighted by Gasteiger charge is 2.31. The fraction of sp³-hybridized carbons (Fsp3) is 0.533. The van der Waals surface area contributed by atoms with Crippen molar-refractivity contribution in [3.8, 4) is 0 Å². The third-order valence-corrected chi connectivity index (χ3v) is 7.69. The predicted molar refractivity (Wildman–Crippen MR) is 89.7 cm³/mol. The minimum absolute atomic E-state index is 0.501. The van der Waals surface area contributed by atoms with Crippen LogP contribution in [-0.2, 0) is 0 Å². The minimum atomic E-state index is 0.501. The second kappa shape index (κ2) is 6.15. The molecule has 0 atom stereocenters. The monoisotopic (exact) mass is 355 g/mol. The van der Waals surface area contributed by atoms with E-state index in [0.29, 0.717) is 5.41 Å². The molecule has 0 N–H and O–H groups in total. The minimum Gasteiger partial charge on any atom is -0.230 e. The molecule has 1 heterocycles. The van der Waals surface area contributed by atoms with Crippen molar-refractivity contribution in [2.75, 3.05) is 11.1 Å². The van der Waals surface area contributed by atoms with Gasteiger partial charge in [-0.05, 0) is 30.4 Å². The lowest BCUT2D eigenvalue weighted by Gasteiger charge is -2.35. The van der Waals surface area contributed by atoms with E-state index in [1.165, 1.54) is 46.9 Å². The molecular weight excluding hydrogens is 338 g/mol. The van der Waals surface area contributed by atoms with Crippen LogP contribution in [0.2, 0.25) is 0 Å². The summed E-state index contributed by atoms with van der Waals surface area (Å²) in [5.74, 6) is 1.21. The lowest BCUT2D eigenvalue weighted by molar-refractivity contribution is 0.260. The molecule has 0 saturated heterocycles. The van der Waals surface area contributed by atoms with Crippen LogP contribution in [0.15, 0.2) is 28.6 Å². The van der Waals surface area contributed by atoms with Crippen LogP contribution in [0.25, 0.3) is 10.2 Å². The Balaban J connectivity index is 1.70. The summed E-state index contributed by atoms with van der Waals surface area (Å²) in [4.78, 5) is 4.73. The largest absolute Gasteiger partial charge is 0.230 e. The van der Waals surface area contributed by atoms with Crippen molar-refractivity contribution in [2.24, 2.45) is 5.41 Å². The Hall–Kier alpha value is -0.0600. The van der Waals surface area contributed by atoms with Gasteiger partial charge in [-0.3, -0.25) is 0 Å². The molecule has 0 bridgehead atoms. The molecule has 1 aliphatic carbocycles. The van der Waals surface area contributed by atoms with Crippen molar-refractivity contribution in [2.45, 2.75) is 36.4 Å². The number of fused-ring (bicyclic) bond motifs is 1. The Morgan fingerprint density at radius 2 is 2.00 bits per heavy atom. The Morgan fingerprint density at radius 3 is 2.74 bits per heavy atom. The Labute approximate surface area is 131 Å². The molecule has 102 valence electrons. The molecule has 3 rings (SSSR count). The summed E-state index contributed by atoms with van der Waals surface area (Å²) in [5.41, 5.74) is 1.65. The number of hydrogen-bond acceptors (Lipinski definition) is 3. The van der Waals surface area contributed by atoms with E-state index in [1.54, 1.807) is 0 Å². The van der Waals surface area contributed by atoms with Gasteiger partial charge in [0.1, 0.15) is 0 Å². The maximum Gasteiger partial charge on any atom is 0.151 e. The van der Waals surface area contributed by atoms with Crippen molar-refractivity contribution in [3.63, 3.8) is 0 Å². The van der Waals surface area contributed by atoms with Gasteiger partial charge in [0, 0.05) is 11.1 Å². The summed E-state index contributed by atoms with van der Waals surface area (Å²) in [7, 11) is 0. The van der Waals surface area contributed by atoms with Gasteiger partial charge in [0.25, 0.3) is 0 Å². The number of benzene rings is 1. The first-order chi connectivity index (χ1) is 9.31. The molecule has 0 radical (unpaired) electrons. The third kappa shape index (κ3) is 3.17. The van der Waals surface area contributed by atoms with Gasteiger partial charge in [0.15, 0.2) is 4.34 Å². The summed E-state index contributed by atoms with van der Waals surface area (Å²) in [6.45, 7) is 0. The van der Waals surface area contributed by atoms with Gasteiger partial charge in [0.05, 0.1) is 10.2 Å². The quantitative estimate of drug-likeness (QED) is 0.512. The molecule has 0 amide bonds. The summed E-state index contributed by atoms with van der Waals surface area (Å²) in [6.07, 6.45) is 6.95. The number of halogens is 1. The average Bonchev–Trinajstić information content (AvgIpc) is 2.89. The standard InChI is InChI=1S/C15H18BrNS2/c16-10-15(8-4-1-5-9-15)11-18-14-17-12-6-2-3-7-13(12)19-14/h2-3,6-7H,1,4-5,8-11H2. The Kier molecular flexibility index (Phi) is 4.50. The number of nitrogens with zero attached hydrogens (tertiary/aromatic N) is 1. The van der Waals surface area contributed by atoms with Crippen LogP contribution in [0.4, 0.5) is 0 Å². The fourth-order valence-corrected chi connectivity index (χ4v) is 6.13. The highest BCUT2D eigenvalue weighted by Crippen LogP contribution is 2.43. The van der Waals surface area contributed by atoms with Crippen molar-refractivity contribution < 1.29 is 0 Å². The fourth-order valence-electron chi connectivity index (χ4n) is 2.75. The number of thiazole rings is 1. The van der Waals surface area contributed by atoms with Crippen molar-refractivity contribution in [1.29, 1.82) is 0 Å². The van der Waals surface area contributed by atoms with Crippen molar-refractivity contribution >= 4 is 49.2 Å². The molecule has 0 unspecified atom stereocenters. The van der Waals surface area contributed by atoms with E-state index in [4.69, 9.17) is 4.98 Å². The zero-order valence-electron chi connectivity index (χ0n) is 10.9. The molecular formula is C15H18BrNS2. The van der Waals surface area contributed by atoms with E-state index in [9.17, 15) is 0 Å². The maximum absolute atomic E-state index is 4.73. The molecule has 2 aromatic rings. The topological polar surface area (TPSA) is 12.9 Å². The molecule has 1 nitrogen and oxygen atoms in total. The summed E-state index contributed by atoms with van der Waals surface area (Å²) in [6, 6.07) is 8.43. The van der Waals surface area contributed by atoms with Gasteiger partial charge in [-0.15, -0.1) is 11.3 Å². The second-order valence-electron chi connectivity index (χ2n) is 5.43. The Morgan fingerprint density at radius 1 is 1.21 bits per heavy atom. The summed E-state index contributed by atoms with van der Waals surface area (Å²) in [5, 5.41) is 1.14. The smallest absolute Gasteiger partial charge is 0.151 e. The van der Waals surface area contributed by atoms with Crippen LogP contribution in [0.3, 0.4) is 0 Å². The predicted octanol–water partition coefficient (Wildman–Crippen LogP) is 5.73. The summed E-state index contributed by atoms with van der Waals surface area (Å²) < 4.78 is 2.54. The van der Waals surface area contributed by atoms with Gasteiger partial charge in [-0.25, -0.2) is 4.98 Å². The zero-order valence-corrected chi connectivity index (χ0v) is 14.1. The molecule has 1 aromatic carbocycles. The van der Waals surface area contributed by atoms with Crippen LogP contribution >= 0.6 is 39.0 Å². The van der Waals surface area contributed by atoms with Gasteiger partial charge in [0.2, 0.25) is 0 Å². The normalized spacial score (nSPS) is 18.8. The zero-order chi connectivity index (χ0) is 13.1. The van der Waals surface area contributed by atoms with Crippen LogP contribution in [-0.4, -0.2) is 16.1 Å². The van der Waals surface area contributed by atoms with E-state index >= 15 is 0 Å². The lowest BCUT2D eigenvalue weighted by Crippen LogP contribution is -2.28. The highest BCUT2D eigenvalue weighted by atomic mass is 79.9. The second-order valence-corrected chi connectivity index (χ2v) is 8.24. The molecule has 1 aromatic heterocycles. The number of rotatable bonds is 4. The average molecular weight is 356 g/mol. The first kappa shape index (κ1) is 13.9. The van der Waals surface area contributed by atoms with Gasteiger partial charge >= 0.3 is 0 Å². The van der Waals surface area contributed by atoms with Crippen LogP contribution < -0.4 is 0 Å². The first-order valence-electron chi connectivity index (χ1n) is 6.86. The van der Waals surface area contributed by atoms with Crippen molar-refractivity contribution in [1.82, 2.24) is 4.98 Å². The first-order valence-corrected chi connectivity index (χ1v) is 9.78. The number of para-hydroxylation sites is 1.